The molecule has 0 aromatic heterocycles. The molecule has 5 unspecified atom stereocenters. The van der Waals surface area contributed by atoms with Gasteiger partial charge in [0.1, 0.15) is 5.60 Å². The molecule has 5 heteroatoms. The van der Waals surface area contributed by atoms with Crippen LogP contribution in [0.15, 0.2) is 37.0 Å². The Labute approximate surface area is 175 Å². The highest BCUT2D eigenvalue weighted by Gasteiger charge is 2.43. The Bertz CT molecular complexity index is 673. The van der Waals surface area contributed by atoms with Crippen molar-refractivity contribution in [3.8, 4) is 0 Å². The van der Waals surface area contributed by atoms with Crippen LogP contribution in [0.3, 0.4) is 0 Å². The van der Waals surface area contributed by atoms with Crippen molar-refractivity contribution in [1.29, 1.82) is 0 Å². The van der Waals surface area contributed by atoms with E-state index in [9.17, 15) is 14.7 Å². The Morgan fingerprint density at radius 1 is 1.21 bits per heavy atom. The highest BCUT2D eigenvalue weighted by molar-refractivity contribution is 5.68. The van der Waals surface area contributed by atoms with Gasteiger partial charge in [0.15, 0.2) is 6.10 Å². The summed E-state index contributed by atoms with van der Waals surface area (Å²) in [6, 6.07) is 0. The highest BCUT2D eigenvalue weighted by Crippen LogP contribution is 2.50. The summed E-state index contributed by atoms with van der Waals surface area (Å²) in [6.07, 6.45) is 7.04. The first-order chi connectivity index (χ1) is 13.1. The zero-order valence-corrected chi connectivity index (χ0v) is 19.1. The molecular weight excluding hydrogens is 368 g/mol. The minimum Gasteiger partial charge on any atom is -0.456 e. The first-order valence-electron chi connectivity index (χ1n) is 10.2. The molecule has 0 bridgehead atoms. The number of esters is 2. The van der Waals surface area contributed by atoms with E-state index in [1.165, 1.54) is 13.8 Å². The molecular formula is C24H38O5. The third-order valence-electron chi connectivity index (χ3n) is 6.23. The van der Waals surface area contributed by atoms with Crippen LogP contribution >= 0.6 is 0 Å². The van der Waals surface area contributed by atoms with Crippen LogP contribution in [0.25, 0.3) is 0 Å². The zero-order chi connectivity index (χ0) is 22.6. The number of hydrogen-bond donors (Lipinski definition) is 1. The molecule has 29 heavy (non-hydrogen) atoms. The van der Waals surface area contributed by atoms with Gasteiger partial charge in [-0.2, -0.15) is 0 Å². The summed E-state index contributed by atoms with van der Waals surface area (Å²) >= 11 is 0. The van der Waals surface area contributed by atoms with E-state index < -0.39 is 29.2 Å². The maximum absolute atomic E-state index is 11.6. The van der Waals surface area contributed by atoms with E-state index in [1.54, 1.807) is 32.9 Å². The second kappa shape index (κ2) is 9.29. The second-order valence-electron chi connectivity index (χ2n) is 9.39. The van der Waals surface area contributed by atoms with E-state index >= 15 is 0 Å². The fourth-order valence-electron chi connectivity index (χ4n) is 4.31. The van der Waals surface area contributed by atoms with Crippen LogP contribution in [-0.4, -0.2) is 34.4 Å². The lowest BCUT2D eigenvalue weighted by Crippen LogP contribution is -2.44. The van der Waals surface area contributed by atoms with Gasteiger partial charge in [-0.15, -0.1) is 6.58 Å². The van der Waals surface area contributed by atoms with E-state index in [1.807, 2.05) is 13.0 Å². The monoisotopic (exact) mass is 406 g/mol. The molecule has 5 nitrogen and oxygen atoms in total. The van der Waals surface area contributed by atoms with Crippen LogP contribution in [0, 0.1) is 17.3 Å². The molecule has 164 valence electrons. The van der Waals surface area contributed by atoms with Crippen LogP contribution < -0.4 is 0 Å². The van der Waals surface area contributed by atoms with Crippen molar-refractivity contribution in [2.45, 2.75) is 85.0 Å². The van der Waals surface area contributed by atoms with Crippen LogP contribution in [0.2, 0.25) is 0 Å². The number of hydrogen-bond acceptors (Lipinski definition) is 5. The molecule has 0 amide bonds. The van der Waals surface area contributed by atoms with Crippen LogP contribution in [0.4, 0.5) is 0 Å². The van der Waals surface area contributed by atoms with Gasteiger partial charge >= 0.3 is 11.9 Å². The van der Waals surface area contributed by atoms with Crippen molar-refractivity contribution in [2.75, 3.05) is 0 Å². The Morgan fingerprint density at radius 2 is 1.79 bits per heavy atom. The molecule has 1 saturated carbocycles. The van der Waals surface area contributed by atoms with Crippen LogP contribution in [0.5, 0.6) is 0 Å². The Morgan fingerprint density at radius 3 is 2.24 bits per heavy atom. The predicted molar refractivity (Wildman–Crippen MR) is 115 cm³/mol. The lowest BCUT2D eigenvalue weighted by atomic mass is 9.59. The molecule has 0 aromatic carbocycles. The molecule has 1 aliphatic rings. The minimum atomic E-state index is -1.11. The fraction of sp³-hybridized carbons (Fsp3) is 0.667. The number of carbonyl (C=O) groups excluding carboxylic acids is 2. The second-order valence-corrected chi connectivity index (χ2v) is 9.39. The fourth-order valence-corrected chi connectivity index (χ4v) is 4.31. The number of rotatable bonds is 8. The molecule has 1 fully saturated rings. The maximum Gasteiger partial charge on any atom is 0.303 e. The largest absolute Gasteiger partial charge is 0.456 e. The molecule has 1 aliphatic carbocycles. The van der Waals surface area contributed by atoms with Gasteiger partial charge in [-0.25, -0.2) is 0 Å². The van der Waals surface area contributed by atoms with E-state index in [0.29, 0.717) is 0 Å². The molecule has 0 spiro atoms. The van der Waals surface area contributed by atoms with Crippen molar-refractivity contribution >= 4 is 11.9 Å². The topological polar surface area (TPSA) is 72.8 Å². The summed E-state index contributed by atoms with van der Waals surface area (Å²) in [7, 11) is 0. The summed E-state index contributed by atoms with van der Waals surface area (Å²) in [4.78, 5) is 23.0. The zero-order valence-electron chi connectivity index (χ0n) is 19.1. The number of allylic oxidation sites excluding steroid dienone is 2. The summed E-state index contributed by atoms with van der Waals surface area (Å²) in [5.41, 5.74) is -1.11. The first-order valence-corrected chi connectivity index (χ1v) is 10.2. The average Bonchev–Trinajstić information content (AvgIpc) is 2.56. The third kappa shape index (κ3) is 6.56. The van der Waals surface area contributed by atoms with E-state index in [0.717, 1.165) is 24.8 Å². The van der Waals surface area contributed by atoms with Crippen LogP contribution in [-0.2, 0) is 19.1 Å². The summed E-state index contributed by atoms with van der Waals surface area (Å²) in [5, 5.41) is 11.2. The van der Waals surface area contributed by atoms with Gasteiger partial charge in [0.05, 0.1) is 5.60 Å². The number of carbonyl (C=O) groups is 2. The SMILES string of the molecule is C=CC1(C)CCC(C(C)(O)C=CC(OC(C)=O)C(C)(C)OC(C)=O)CC1C(=C)C. The molecule has 0 radical (unpaired) electrons. The van der Waals surface area contributed by atoms with Crippen molar-refractivity contribution in [3.63, 3.8) is 0 Å². The molecule has 0 aliphatic heterocycles. The maximum atomic E-state index is 11.6. The van der Waals surface area contributed by atoms with Gasteiger partial charge in [-0.1, -0.05) is 31.2 Å². The molecule has 5 atom stereocenters. The van der Waals surface area contributed by atoms with Gasteiger partial charge in [-0.3, -0.25) is 9.59 Å². The first kappa shape index (κ1) is 25.2. The van der Waals surface area contributed by atoms with Crippen molar-refractivity contribution in [2.24, 2.45) is 17.3 Å². The highest BCUT2D eigenvalue weighted by atomic mass is 16.6. The van der Waals surface area contributed by atoms with Crippen molar-refractivity contribution in [1.82, 2.24) is 0 Å². The lowest BCUT2D eigenvalue weighted by Gasteiger charge is -2.46. The van der Waals surface area contributed by atoms with Crippen molar-refractivity contribution < 1.29 is 24.2 Å². The summed E-state index contributed by atoms with van der Waals surface area (Å²) < 4.78 is 10.7. The summed E-state index contributed by atoms with van der Waals surface area (Å²) in [6.45, 7) is 20.1. The Kier molecular flexibility index (Phi) is 8.06. The van der Waals surface area contributed by atoms with Crippen LogP contribution in [0.1, 0.15) is 67.7 Å². The Balaban J connectivity index is 3.09. The van der Waals surface area contributed by atoms with E-state index in [2.05, 4.69) is 20.1 Å². The van der Waals surface area contributed by atoms with Crippen molar-refractivity contribution in [3.05, 3.63) is 37.0 Å². The van der Waals surface area contributed by atoms with E-state index in [4.69, 9.17) is 9.47 Å². The molecule has 0 aromatic rings. The number of aliphatic hydroxyl groups is 1. The third-order valence-corrected chi connectivity index (χ3v) is 6.23. The lowest BCUT2D eigenvalue weighted by molar-refractivity contribution is -0.173. The summed E-state index contributed by atoms with van der Waals surface area (Å²) in [5.74, 6) is -0.697. The smallest absolute Gasteiger partial charge is 0.303 e. The normalized spacial score (nSPS) is 28.3. The molecule has 1 N–H and O–H groups in total. The Hall–Kier alpha value is -1.88. The minimum absolute atomic E-state index is 0.0169. The molecule has 0 saturated heterocycles. The van der Waals surface area contributed by atoms with Gasteiger partial charge in [0.25, 0.3) is 0 Å². The van der Waals surface area contributed by atoms with E-state index in [-0.39, 0.29) is 17.3 Å². The van der Waals surface area contributed by atoms with Gasteiger partial charge in [0, 0.05) is 13.8 Å². The average molecular weight is 407 g/mol. The number of ether oxygens (including phenoxy) is 2. The van der Waals surface area contributed by atoms with Gasteiger partial charge in [-0.05, 0) is 70.3 Å². The standard InChI is InChI=1S/C24H38O5/c1-10-23(8)13-11-19(15-20(23)16(2)3)24(9,27)14-12-21(28-17(4)25)22(6,7)29-18(5)26/h10,12,14,19-21,27H,1-2,11,13,15H2,3-9H3. The molecule has 1 rings (SSSR count). The predicted octanol–water partition coefficient (Wildman–Crippen LogP) is 4.75. The van der Waals surface area contributed by atoms with Gasteiger partial charge in [0.2, 0.25) is 0 Å². The molecule has 0 heterocycles. The van der Waals surface area contributed by atoms with Gasteiger partial charge < -0.3 is 14.6 Å². The quantitative estimate of drug-likeness (QED) is 0.465.